The molecule has 6 nitrogen and oxygen atoms in total. The average Bonchev–Trinajstić information content (AvgIpc) is 2.52. The number of nitrogens with zero attached hydrogens (tertiary/aromatic N) is 2. The number of carbonyl (C=O) groups excluding carboxylic acids is 3. The number of nitrogens with one attached hydrogen (secondary N) is 1. The Bertz CT molecular complexity index is 586. The third-order valence-corrected chi connectivity index (χ3v) is 3.73. The van der Waals surface area contributed by atoms with Crippen molar-refractivity contribution in [2.75, 3.05) is 31.5 Å². The predicted octanol–water partition coefficient (Wildman–Crippen LogP) is 0.878. The third kappa shape index (κ3) is 3.63. The van der Waals surface area contributed by atoms with Crippen LogP contribution in [0, 0.1) is 0 Å². The Hall–Kier alpha value is -2.37. The van der Waals surface area contributed by atoms with Crippen molar-refractivity contribution in [3.8, 4) is 0 Å². The van der Waals surface area contributed by atoms with Crippen LogP contribution in [-0.4, -0.2) is 53.7 Å². The number of amides is 3. The fourth-order valence-corrected chi connectivity index (χ4v) is 2.41. The molecule has 22 heavy (non-hydrogen) atoms. The maximum absolute atomic E-state index is 12.1. The first-order valence-electron chi connectivity index (χ1n) is 7.52. The Morgan fingerprint density at radius 1 is 1.14 bits per heavy atom. The first-order chi connectivity index (χ1) is 10.5. The Morgan fingerprint density at radius 2 is 1.82 bits per heavy atom. The van der Waals surface area contributed by atoms with E-state index in [1.165, 1.54) is 9.80 Å². The fraction of sp³-hybridized carbons (Fsp3) is 0.438. The fourth-order valence-electron chi connectivity index (χ4n) is 2.41. The lowest BCUT2D eigenvalue weighted by Crippen LogP contribution is -2.55. The van der Waals surface area contributed by atoms with Gasteiger partial charge in [0.25, 0.3) is 0 Å². The van der Waals surface area contributed by atoms with E-state index in [0.29, 0.717) is 25.3 Å². The lowest BCUT2D eigenvalue weighted by Gasteiger charge is -2.32. The van der Waals surface area contributed by atoms with Crippen molar-refractivity contribution in [3.63, 3.8) is 0 Å². The van der Waals surface area contributed by atoms with Gasteiger partial charge in [0.15, 0.2) is 0 Å². The SMILES string of the molecule is CCc1cccc(NC(=O)CN2CCN(CC)C(=O)C2=O)c1. The zero-order chi connectivity index (χ0) is 16.1. The van der Waals surface area contributed by atoms with E-state index in [-0.39, 0.29) is 12.5 Å². The second kappa shape index (κ2) is 7.06. The van der Waals surface area contributed by atoms with Crippen LogP contribution in [0.15, 0.2) is 24.3 Å². The van der Waals surface area contributed by atoms with Crippen LogP contribution in [0.4, 0.5) is 5.69 Å². The van der Waals surface area contributed by atoms with Crippen molar-refractivity contribution in [1.82, 2.24) is 9.80 Å². The molecule has 0 spiro atoms. The van der Waals surface area contributed by atoms with E-state index in [2.05, 4.69) is 5.32 Å². The first-order valence-corrected chi connectivity index (χ1v) is 7.52. The molecule has 0 aliphatic carbocycles. The number of aryl methyl sites for hydroxylation is 1. The smallest absolute Gasteiger partial charge is 0.312 e. The standard InChI is InChI=1S/C16H21N3O3/c1-3-12-6-5-7-13(10-12)17-14(20)11-19-9-8-18(4-2)15(21)16(19)22/h5-7,10H,3-4,8-9,11H2,1-2H3,(H,17,20). The molecule has 0 unspecified atom stereocenters. The van der Waals surface area contributed by atoms with Crippen LogP contribution in [0.2, 0.25) is 0 Å². The van der Waals surface area contributed by atoms with Crippen LogP contribution in [0.3, 0.4) is 0 Å². The van der Waals surface area contributed by atoms with Gasteiger partial charge in [0.2, 0.25) is 5.91 Å². The first kappa shape index (κ1) is 16.0. The van der Waals surface area contributed by atoms with E-state index >= 15 is 0 Å². The molecular formula is C16H21N3O3. The van der Waals surface area contributed by atoms with Crippen LogP contribution < -0.4 is 5.32 Å². The Kier molecular flexibility index (Phi) is 5.14. The number of anilines is 1. The Morgan fingerprint density at radius 3 is 2.50 bits per heavy atom. The lowest BCUT2D eigenvalue weighted by molar-refractivity contribution is -0.156. The second-order valence-electron chi connectivity index (χ2n) is 5.21. The van der Waals surface area contributed by atoms with Crippen LogP contribution in [0.1, 0.15) is 19.4 Å². The minimum atomic E-state index is -0.606. The Balaban J connectivity index is 1.94. The molecule has 1 fully saturated rings. The minimum Gasteiger partial charge on any atom is -0.333 e. The van der Waals surface area contributed by atoms with Crippen LogP contribution in [0.5, 0.6) is 0 Å². The molecule has 118 valence electrons. The van der Waals surface area contributed by atoms with E-state index in [4.69, 9.17) is 0 Å². The quantitative estimate of drug-likeness (QED) is 0.821. The van der Waals surface area contributed by atoms with Crippen molar-refractivity contribution in [2.24, 2.45) is 0 Å². The summed E-state index contributed by atoms with van der Waals surface area (Å²) in [5.74, 6) is -1.43. The normalized spacial score (nSPS) is 15.2. The highest BCUT2D eigenvalue weighted by Gasteiger charge is 2.32. The van der Waals surface area contributed by atoms with Crippen molar-refractivity contribution in [3.05, 3.63) is 29.8 Å². The van der Waals surface area contributed by atoms with Gasteiger partial charge in [0.05, 0.1) is 0 Å². The van der Waals surface area contributed by atoms with Gasteiger partial charge in [0.1, 0.15) is 6.54 Å². The molecule has 6 heteroatoms. The van der Waals surface area contributed by atoms with E-state index in [0.717, 1.165) is 12.0 Å². The molecule has 0 radical (unpaired) electrons. The number of carbonyl (C=O) groups is 3. The highest BCUT2D eigenvalue weighted by molar-refractivity contribution is 6.35. The highest BCUT2D eigenvalue weighted by atomic mass is 16.2. The maximum atomic E-state index is 12.1. The van der Waals surface area contributed by atoms with Gasteiger partial charge in [-0.25, -0.2) is 0 Å². The molecule has 1 aliphatic heterocycles. The molecule has 0 atom stereocenters. The van der Waals surface area contributed by atoms with Gasteiger partial charge in [-0.2, -0.15) is 0 Å². The van der Waals surface area contributed by atoms with Crippen molar-refractivity contribution >= 4 is 23.4 Å². The predicted molar refractivity (Wildman–Crippen MR) is 83.3 cm³/mol. The minimum absolute atomic E-state index is 0.0987. The van der Waals surface area contributed by atoms with E-state index in [1.807, 2.05) is 32.0 Å². The number of rotatable bonds is 5. The highest BCUT2D eigenvalue weighted by Crippen LogP contribution is 2.11. The van der Waals surface area contributed by atoms with Crippen molar-refractivity contribution < 1.29 is 14.4 Å². The number of hydrogen-bond donors (Lipinski definition) is 1. The van der Waals surface area contributed by atoms with Crippen molar-refractivity contribution in [1.29, 1.82) is 0 Å². The zero-order valence-corrected chi connectivity index (χ0v) is 13.0. The summed E-state index contributed by atoms with van der Waals surface area (Å²) in [6.07, 6.45) is 0.885. The molecular weight excluding hydrogens is 282 g/mol. The van der Waals surface area contributed by atoms with Gasteiger partial charge in [-0.3, -0.25) is 14.4 Å². The third-order valence-electron chi connectivity index (χ3n) is 3.73. The van der Waals surface area contributed by atoms with Crippen LogP contribution in [0.25, 0.3) is 0 Å². The summed E-state index contributed by atoms with van der Waals surface area (Å²) in [6.45, 7) is 5.14. The average molecular weight is 303 g/mol. The van der Waals surface area contributed by atoms with Gasteiger partial charge in [0, 0.05) is 25.3 Å². The number of hydrogen-bond acceptors (Lipinski definition) is 3. The molecule has 1 aromatic carbocycles. The van der Waals surface area contributed by atoms with Gasteiger partial charge in [-0.1, -0.05) is 19.1 Å². The molecule has 3 amide bonds. The lowest BCUT2D eigenvalue weighted by atomic mass is 10.1. The topological polar surface area (TPSA) is 69.7 Å². The second-order valence-corrected chi connectivity index (χ2v) is 5.21. The molecule has 1 aliphatic rings. The summed E-state index contributed by atoms with van der Waals surface area (Å²) >= 11 is 0. The summed E-state index contributed by atoms with van der Waals surface area (Å²) < 4.78 is 0. The number of likely N-dealkylation sites (N-methyl/N-ethyl adjacent to an activating group) is 1. The Labute approximate surface area is 130 Å². The molecule has 2 rings (SSSR count). The molecule has 1 N–H and O–H groups in total. The number of piperazine rings is 1. The summed E-state index contributed by atoms with van der Waals surface area (Å²) in [5, 5.41) is 2.77. The van der Waals surface area contributed by atoms with Crippen LogP contribution in [-0.2, 0) is 20.8 Å². The molecule has 1 aromatic rings. The summed E-state index contributed by atoms with van der Waals surface area (Å²) in [5.41, 5.74) is 1.83. The summed E-state index contributed by atoms with van der Waals surface area (Å²) in [7, 11) is 0. The number of benzene rings is 1. The molecule has 0 aromatic heterocycles. The van der Waals surface area contributed by atoms with Gasteiger partial charge in [-0.05, 0) is 31.0 Å². The molecule has 0 saturated carbocycles. The largest absolute Gasteiger partial charge is 0.333 e. The van der Waals surface area contributed by atoms with E-state index in [1.54, 1.807) is 6.07 Å². The van der Waals surface area contributed by atoms with Gasteiger partial charge >= 0.3 is 11.8 Å². The van der Waals surface area contributed by atoms with Gasteiger partial charge in [-0.15, -0.1) is 0 Å². The zero-order valence-electron chi connectivity index (χ0n) is 13.0. The maximum Gasteiger partial charge on any atom is 0.312 e. The van der Waals surface area contributed by atoms with Crippen molar-refractivity contribution in [2.45, 2.75) is 20.3 Å². The summed E-state index contributed by atoms with van der Waals surface area (Å²) in [6, 6.07) is 7.57. The van der Waals surface area contributed by atoms with E-state index in [9.17, 15) is 14.4 Å². The van der Waals surface area contributed by atoms with Crippen LogP contribution >= 0.6 is 0 Å². The molecule has 1 heterocycles. The van der Waals surface area contributed by atoms with Gasteiger partial charge < -0.3 is 15.1 Å². The molecule has 1 saturated heterocycles. The summed E-state index contributed by atoms with van der Waals surface area (Å²) in [4.78, 5) is 38.6. The molecule has 0 bridgehead atoms. The monoisotopic (exact) mass is 303 g/mol. The van der Waals surface area contributed by atoms with E-state index < -0.39 is 11.8 Å².